The fourth-order valence-corrected chi connectivity index (χ4v) is 1.80. The Hall–Kier alpha value is -3.35. The largest absolute Gasteiger partial charge is 0.496 e. The highest BCUT2D eigenvalue weighted by atomic mass is 16.7. The number of nitrogens with zero attached hydrogens (tertiary/aromatic N) is 1. The number of amides is 1. The van der Waals surface area contributed by atoms with Crippen LogP contribution in [0.4, 0.5) is 0 Å². The van der Waals surface area contributed by atoms with E-state index in [0.29, 0.717) is 17.1 Å². The quantitative estimate of drug-likeness (QED) is 0.474. The van der Waals surface area contributed by atoms with Crippen molar-refractivity contribution < 1.29 is 23.9 Å². The molecule has 124 valence electrons. The van der Waals surface area contributed by atoms with Crippen LogP contribution in [0.25, 0.3) is 0 Å². The average molecular weight is 328 g/mol. The third-order valence-corrected chi connectivity index (χ3v) is 2.93. The monoisotopic (exact) mass is 328 g/mol. The molecule has 0 spiro atoms. The van der Waals surface area contributed by atoms with Gasteiger partial charge in [0, 0.05) is 0 Å². The van der Waals surface area contributed by atoms with E-state index in [1.54, 1.807) is 48.5 Å². The molecule has 0 aliphatic heterocycles. The molecule has 2 N–H and O–H groups in total. The molecular weight excluding hydrogens is 312 g/mol. The van der Waals surface area contributed by atoms with E-state index >= 15 is 0 Å². The molecule has 0 aliphatic rings. The lowest BCUT2D eigenvalue weighted by Crippen LogP contribution is -2.19. The molecular formula is C17H16N2O5. The highest BCUT2D eigenvalue weighted by molar-refractivity contribution is 5.93. The standard InChI is InChI=1S/C17H16N2O5/c1-22-15-5-3-2-4-14(15)17(21)24-19-10-12-6-8-13(9-7-12)23-11-16(18)20/h2-10H,11H2,1H3,(H2,18,20). The predicted molar refractivity (Wildman–Crippen MR) is 87.1 cm³/mol. The van der Waals surface area contributed by atoms with Crippen molar-refractivity contribution in [2.75, 3.05) is 13.7 Å². The minimum absolute atomic E-state index is 0.191. The van der Waals surface area contributed by atoms with Gasteiger partial charge in [-0.1, -0.05) is 17.3 Å². The molecule has 2 aromatic rings. The zero-order valence-corrected chi connectivity index (χ0v) is 13.0. The number of oxime groups is 1. The molecule has 7 heteroatoms. The third kappa shape index (κ3) is 4.84. The van der Waals surface area contributed by atoms with Crippen molar-refractivity contribution >= 4 is 18.1 Å². The number of carbonyl (C=O) groups is 2. The SMILES string of the molecule is COc1ccccc1C(=O)ON=Cc1ccc(OCC(N)=O)cc1. The minimum Gasteiger partial charge on any atom is -0.496 e. The van der Waals surface area contributed by atoms with E-state index in [1.165, 1.54) is 13.3 Å². The first-order valence-electron chi connectivity index (χ1n) is 6.99. The van der Waals surface area contributed by atoms with Gasteiger partial charge in [-0.05, 0) is 42.0 Å². The van der Waals surface area contributed by atoms with Crippen LogP contribution in [0, 0.1) is 0 Å². The minimum atomic E-state index is -0.620. The number of methoxy groups -OCH3 is 1. The summed E-state index contributed by atoms with van der Waals surface area (Å²) in [5.74, 6) is -0.264. The van der Waals surface area contributed by atoms with E-state index in [0.717, 1.165) is 0 Å². The first-order valence-corrected chi connectivity index (χ1v) is 6.99. The van der Waals surface area contributed by atoms with Gasteiger partial charge in [-0.3, -0.25) is 4.79 Å². The van der Waals surface area contributed by atoms with Crippen molar-refractivity contribution in [1.29, 1.82) is 0 Å². The topological polar surface area (TPSA) is 100 Å². The summed E-state index contributed by atoms with van der Waals surface area (Å²) in [6, 6.07) is 13.4. The van der Waals surface area contributed by atoms with Crippen LogP contribution in [-0.2, 0) is 9.63 Å². The zero-order chi connectivity index (χ0) is 17.4. The summed E-state index contributed by atoms with van der Waals surface area (Å²) < 4.78 is 10.2. The maximum Gasteiger partial charge on any atom is 0.369 e. The zero-order valence-electron chi connectivity index (χ0n) is 13.0. The summed E-state index contributed by atoms with van der Waals surface area (Å²) in [5.41, 5.74) is 5.96. The Morgan fingerprint density at radius 1 is 1.12 bits per heavy atom. The summed E-state index contributed by atoms with van der Waals surface area (Å²) in [7, 11) is 1.47. The molecule has 0 atom stereocenters. The van der Waals surface area contributed by atoms with Crippen molar-refractivity contribution in [2.45, 2.75) is 0 Å². The maximum absolute atomic E-state index is 11.9. The lowest BCUT2D eigenvalue weighted by atomic mass is 10.2. The summed E-state index contributed by atoms with van der Waals surface area (Å²) in [4.78, 5) is 27.4. The number of hydrogen-bond acceptors (Lipinski definition) is 6. The van der Waals surface area contributed by atoms with Gasteiger partial charge in [0.05, 0.1) is 13.3 Å². The number of carbonyl (C=O) groups excluding carboxylic acids is 2. The van der Waals surface area contributed by atoms with Crippen molar-refractivity contribution in [2.24, 2.45) is 10.9 Å². The van der Waals surface area contributed by atoms with Crippen LogP contribution < -0.4 is 15.2 Å². The average Bonchev–Trinajstić information content (AvgIpc) is 2.60. The van der Waals surface area contributed by atoms with Crippen molar-refractivity contribution in [3.63, 3.8) is 0 Å². The molecule has 0 bridgehead atoms. The number of ether oxygens (including phenoxy) is 2. The first-order chi connectivity index (χ1) is 11.6. The number of benzene rings is 2. The van der Waals surface area contributed by atoms with E-state index in [2.05, 4.69) is 5.16 Å². The number of hydrogen-bond donors (Lipinski definition) is 1. The molecule has 24 heavy (non-hydrogen) atoms. The Morgan fingerprint density at radius 3 is 2.50 bits per heavy atom. The number of primary amides is 1. The van der Waals surface area contributed by atoms with Gasteiger partial charge in [-0.25, -0.2) is 4.79 Å². The van der Waals surface area contributed by atoms with Crippen LogP contribution in [0.5, 0.6) is 11.5 Å². The highest BCUT2D eigenvalue weighted by Crippen LogP contribution is 2.18. The molecule has 0 saturated carbocycles. The molecule has 1 amide bonds. The fourth-order valence-electron chi connectivity index (χ4n) is 1.80. The van der Waals surface area contributed by atoms with E-state index in [1.807, 2.05) is 0 Å². The van der Waals surface area contributed by atoms with Crippen LogP contribution in [0.3, 0.4) is 0 Å². The summed E-state index contributed by atoms with van der Waals surface area (Å²) in [6.45, 7) is -0.191. The van der Waals surface area contributed by atoms with Crippen LogP contribution in [0.2, 0.25) is 0 Å². The van der Waals surface area contributed by atoms with Gasteiger partial charge in [-0.2, -0.15) is 0 Å². The number of nitrogens with two attached hydrogens (primary N) is 1. The lowest BCUT2D eigenvalue weighted by molar-refractivity contribution is -0.119. The van der Waals surface area contributed by atoms with Crippen LogP contribution in [-0.4, -0.2) is 31.8 Å². The summed E-state index contributed by atoms with van der Waals surface area (Å²) in [5, 5.41) is 3.65. The first kappa shape index (κ1) is 17.0. The van der Waals surface area contributed by atoms with E-state index < -0.39 is 11.9 Å². The Morgan fingerprint density at radius 2 is 1.83 bits per heavy atom. The molecule has 0 unspecified atom stereocenters. The molecule has 2 aromatic carbocycles. The Kier molecular flexibility index (Phi) is 5.90. The lowest BCUT2D eigenvalue weighted by Gasteiger charge is -2.05. The molecule has 0 aromatic heterocycles. The fraction of sp³-hybridized carbons (Fsp3) is 0.118. The molecule has 0 radical (unpaired) electrons. The second-order valence-electron chi connectivity index (χ2n) is 4.64. The summed E-state index contributed by atoms with van der Waals surface area (Å²) in [6.07, 6.45) is 1.38. The van der Waals surface area contributed by atoms with Crippen molar-refractivity contribution in [3.8, 4) is 11.5 Å². The van der Waals surface area contributed by atoms with Gasteiger partial charge in [0.15, 0.2) is 6.61 Å². The van der Waals surface area contributed by atoms with Crippen LogP contribution >= 0.6 is 0 Å². The van der Waals surface area contributed by atoms with Crippen molar-refractivity contribution in [3.05, 3.63) is 59.7 Å². The second-order valence-corrected chi connectivity index (χ2v) is 4.64. The van der Waals surface area contributed by atoms with E-state index in [4.69, 9.17) is 20.0 Å². The molecule has 0 aliphatic carbocycles. The normalized spacial score (nSPS) is 10.4. The molecule has 7 nitrogen and oxygen atoms in total. The van der Waals surface area contributed by atoms with Gasteiger partial charge in [-0.15, -0.1) is 0 Å². The predicted octanol–water partition coefficient (Wildman–Crippen LogP) is 1.75. The Labute approximate surface area is 138 Å². The maximum atomic E-state index is 11.9. The van der Waals surface area contributed by atoms with Gasteiger partial charge in [0.1, 0.15) is 17.1 Å². The van der Waals surface area contributed by atoms with Gasteiger partial charge < -0.3 is 20.0 Å². The molecule has 0 saturated heterocycles. The highest BCUT2D eigenvalue weighted by Gasteiger charge is 2.12. The number of rotatable bonds is 7. The third-order valence-electron chi connectivity index (χ3n) is 2.93. The Bertz CT molecular complexity index is 741. The smallest absolute Gasteiger partial charge is 0.369 e. The second kappa shape index (κ2) is 8.33. The van der Waals surface area contributed by atoms with Crippen LogP contribution in [0.1, 0.15) is 15.9 Å². The molecule has 0 heterocycles. The van der Waals surface area contributed by atoms with Crippen molar-refractivity contribution in [1.82, 2.24) is 0 Å². The van der Waals surface area contributed by atoms with Gasteiger partial charge in [0.2, 0.25) is 0 Å². The van der Waals surface area contributed by atoms with E-state index in [9.17, 15) is 9.59 Å². The number of para-hydroxylation sites is 1. The molecule has 0 fully saturated rings. The van der Waals surface area contributed by atoms with E-state index in [-0.39, 0.29) is 12.2 Å². The van der Waals surface area contributed by atoms with Crippen LogP contribution in [0.15, 0.2) is 53.7 Å². The summed E-state index contributed by atoms with van der Waals surface area (Å²) >= 11 is 0. The Balaban J connectivity index is 1.94. The van der Waals surface area contributed by atoms with Gasteiger partial charge in [0.25, 0.3) is 5.91 Å². The van der Waals surface area contributed by atoms with Gasteiger partial charge >= 0.3 is 5.97 Å². The molecule has 2 rings (SSSR count).